The van der Waals surface area contributed by atoms with Gasteiger partial charge in [0.1, 0.15) is 5.82 Å². The Labute approximate surface area is 548 Å². The summed E-state index contributed by atoms with van der Waals surface area (Å²) in [6, 6.07) is 38.2. The zero-order chi connectivity index (χ0) is 65.8. The second kappa shape index (κ2) is 26.8. The van der Waals surface area contributed by atoms with Gasteiger partial charge in [0.2, 0.25) is 20.0 Å². The lowest BCUT2D eigenvalue weighted by molar-refractivity contribution is 0.163. The largest absolute Gasteiger partial charge is 0.494 e. The van der Waals surface area contributed by atoms with Crippen LogP contribution in [0.3, 0.4) is 0 Å². The minimum atomic E-state index is -3.76. The van der Waals surface area contributed by atoms with Gasteiger partial charge in [0, 0.05) is 78.5 Å². The van der Waals surface area contributed by atoms with Crippen LogP contribution >= 0.6 is 34.0 Å². The number of sulfonamides is 3. The summed E-state index contributed by atoms with van der Waals surface area (Å²) in [6.07, 6.45) is 9.42. The summed E-state index contributed by atoms with van der Waals surface area (Å²) >= 11 is 4.47. The molecule has 6 aromatic carbocycles. The van der Waals surface area contributed by atoms with E-state index >= 15 is 0 Å². The Bertz CT molecular complexity index is 5520. The molecule has 0 spiro atoms. The minimum absolute atomic E-state index is 0.00884. The predicted molar refractivity (Wildman–Crippen MR) is 370 cm³/mol. The number of H-pyrrole nitrogens is 3. The molecule has 0 atom stereocenters. The first-order chi connectivity index (χ1) is 45.2. The molecular weight excluding hydrogens is 1320 g/mol. The third kappa shape index (κ3) is 14.1. The van der Waals surface area contributed by atoms with Crippen molar-refractivity contribution in [3.05, 3.63) is 197 Å². The molecule has 0 amide bonds. The second-order valence-corrected chi connectivity index (χ2v) is 29.4. The highest BCUT2D eigenvalue weighted by Gasteiger charge is 2.23. The molecule has 30 heteroatoms. The molecule has 0 bridgehead atoms. The van der Waals surface area contributed by atoms with Crippen LogP contribution in [0.25, 0.3) is 63.4 Å². The number of aliphatic hydroxyl groups excluding tert-OH is 1. The summed E-state index contributed by atoms with van der Waals surface area (Å²) in [7, 11) is -11.1. The van der Waals surface area contributed by atoms with Crippen molar-refractivity contribution in [1.82, 2.24) is 49.3 Å². The van der Waals surface area contributed by atoms with E-state index in [2.05, 4.69) is 69.0 Å². The van der Waals surface area contributed by atoms with E-state index in [0.29, 0.717) is 33.8 Å². The number of aromatic amines is 3. The zero-order valence-electron chi connectivity index (χ0n) is 49.4. The topological polar surface area (TPSA) is 368 Å². The summed E-state index contributed by atoms with van der Waals surface area (Å²) in [6.45, 7) is 3.72. The van der Waals surface area contributed by atoms with Gasteiger partial charge in [-0.3, -0.25) is 24.7 Å². The van der Waals surface area contributed by atoms with E-state index in [1.54, 1.807) is 128 Å². The molecule has 94 heavy (non-hydrogen) atoms. The van der Waals surface area contributed by atoms with Gasteiger partial charge in [-0.25, -0.2) is 54.6 Å². The number of hydrogen-bond acceptors (Lipinski definition) is 21. The lowest BCUT2D eigenvalue weighted by atomic mass is 9.96. The Kier molecular flexibility index (Phi) is 18.3. The summed E-state index contributed by atoms with van der Waals surface area (Å²) in [5.74, 6) is 0.283. The van der Waals surface area contributed by atoms with Crippen LogP contribution < -0.4 is 14.2 Å². The molecule has 0 fully saturated rings. The van der Waals surface area contributed by atoms with Gasteiger partial charge in [0.25, 0.3) is 10.0 Å². The van der Waals surface area contributed by atoms with Gasteiger partial charge < -0.3 is 35.4 Å². The van der Waals surface area contributed by atoms with Crippen LogP contribution in [0.2, 0.25) is 0 Å². The number of nitrogens with one attached hydrogen (secondary N) is 6. The van der Waals surface area contributed by atoms with Crippen molar-refractivity contribution in [2.75, 3.05) is 17.9 Å². The van der Waals surface area contributed by atoms with E-state index in [0.717, 1.165) is 68.9 Å². The third-order valence-corrected chi connectivity index (χ3v) is 21.4. The molecule has 0 aliphatic carbocycles. The van der Waals surface area contributed by atoms with Crippen LogP contribution in [0, 0.1) is 5.41 Å². The summed E-state index contributed by atoms with van der Waals surface area (Å²) in [5, 5.41) is 42.9. The summed E-state index contributed by atoms with van der Waals surface area (Å²) < 4.78 is 85.4. The number of thiazole rings is 3. The summed E-state index contributed by atoms with van der Waals surface area (Å²) in [5.41, 5.74) is 13.8. The number of nitrogens with zero attached hydrogens (tertiary/aromatic N) is 8. The number of hydrogen-bond donors (Lipinski definition) is 10. The third-order valence-electron chi connectivity index (χ3n) is 14.6. The maximum absolute atomic E-state index is 12.5. The molecule has 10 N–H and O–H groups in total. The lowest BCUT2D eigenvalue weighted by Crippen LogP contribution is -2.36. The SMILES string of the molecule is CC(C)(CO)CNS(=O)(=O)c1ccc(N=Cc2c(O)[nH]c3ccc4ncsc4c23)cc1.O=S(=O)(NCc1ccncc1)c1ccc(N=Cc2c(O)[nH]c3ccc4ncsc4c23)cc1.O=S(=O)(Nc1ccccn1)c1ccc(N=Cc2c(O)[nH]c3ccc4ncsc4c23)cc1. The van der Waals surface area contributed by atoms with E-state index in [4.69, 9.17) is 0 Å². The molecule has 0 saturated carbocycles. The van der Waals surface area contributed by atoms with Crippen LogP contribution in [0.4, 0.5) is 22.9 Å². The highest BCUT2D eigenvalue weighted by atomic mass is 32.2. The Balaban J connectivity index is 0.000000135. The van der Waals surface area contributed by atoms with Gasteiger partial charge in [-0.2, -0.15) is 0 Å². The number of aromatic nitrogens is 8. The van der Waals surface area contributed by atoms with E-state index in [9.17, 15) is 45.7 Å². The Morgan fingerprint density at radius 3 is 1.26 bits per heavy atom. The standard InChI is InChI=1S/C22H17N5O3S2.C21H15N5O3S2.C21H22N4O4S2/c28-22-17(20-18(27-22)5-6-19-21(20)31-13-25-19)12-24-15-1-3-16(4-2-15)32(29,30)26-11-14-7-9-23-10-8-14;27-21-15(19-16(25-21)8-9-17-20(19)30-12-24-17)11-23-13-4-6-14(7-5-13)31(28,29)26-18-3-1-2-10-22-18;1-21(2,11-26)10-24-31(28,29)14-5-3-13(4-6-14)22-9-15-18-16(25-20(15)27)7-8-17-19(18)30-12-23-17/h1-10,12-13,26-28H,11H2;1-12,25,27H,(H,22,26);3-9,12,24-27H,10-11H2,1-2H3. The molecule has 8 heterocycles. The number of benzene rings is 6. The Hall–Kier alpha value is -10.2. The molecule has 14 rings (SSSR count). The number of anilines is 1. The minimum Gasteiger partial charge on any atom is -0.494 e. The van der Waals surface area contributed by atoms with Gasteiger partial charge in [-0.15, -0.1) is 34.0 Å². The number of aliphatic imine (C=N–C) groups is 3. The molecule has 0 unspecified atom stereocenters. The molecule has 0 aliphatic heterocycles. The van der Waals surface area contributed by atoms with Gasteiger partial charge in [-0.05, 0) is 139 Å². The molecule has 0 saturated heterocycles. The first-order valence-electron chi connectivity index (χ1n) is 28.3. The van der Waals surface area contributed by atoms with Crippen LogP contribution in [-0.4, -0.2) is 117 Å². The van der Waals surface area contributed by atoms with E-state index in [1.165, 1.54) is 76.6 Å². The Morgan fingerprint density at radius 2 is 0.872 bits per heavy atom. The molecular formula is C64H54N14O10S6. The van der Waals surface area contributed by atoms with Crippen molar-refractivity contribution in [1.29, 1.82) is 0 Å². The molecule has 8 aromatic heterocycles. The van der Waals surface area contributed by atoms with E-state index in [1.807, 2.05) is 36.4 Å². The number of pyridine rings is 2. The van der Waals surface area contributed by atoms with Gasteiger partial charge in [-0.1, -0.05) is 19.9 Å². The average Bonchev–Trinajstić information content (AvgIpc) is 1.63. The van der Waals surface area contributed by atoms with Crippen molar-refractivity contribution in [2.45, 2.75) is 35.1 Å². The smallest absolute Gasteiger partial charge is 0.263 e. The Morgan fingerprint density at radius 1 is 0.479 bits per heavy atom. The van der Waals surface area contributed by atoms with Crippen LogP contribution in [-0.2, 0) is 36.6 Å². The highest BCUT2D eigenvalue weighted by Crippen LogP contribution is 2.38. The van der Waals surface area contributed by atoms with Gasteiger partial charge in [0.15, 0.2) is 17.6 Å². The van der Waals surface area contributed by atoms with Crippen LogP contribution in [0.15, 0.2) is 204 Å². The van der Waals surface area contributed by atoms with Crippen LogP contribution in [0.5, 0.6) is 17.6 Å². The van der Waals surface area contributed by atoms with E-state index < -0.39 is 35.5 Å². The number of fused-ring (bicyclic) bond motifs is 9. The fraction of sp³-hybridized carbons (Fsp3) is 0.0938. The first kappa shape index (κ1) is 64.0. The number of aromatic hydroxyl groups is 3. The van der Waals surface area contributed by atoms with Gasteiger partial charge >= 0.3 is 0 Å². The summed E-state index contributed by atoms with van der Waals surface area (Å²) in [4.78, 5) is 43.3. The molecule has 24 nitrogen and oxygen atoms in total. The average molecular weight is 1370 g/mol. The molecule has 476 valence electrons. The zero-order valence-corrected chi connectivity index (χ0v) is 54.3. The molecule has 14 aromatic rings. The quantitative estimate of drug-likeness (QED) is 0.0357. The van der Waals surface area contributed by atoms with Crippen molar-refractivity contribution >= 4 is 169 Å². The van der Waals surface area contributed by atoms with Crippen molar-refractivity contribution < 1.29 is 45.7 Å². The normalized spacial score (nSPS) is 12.5. The fourth-order valence-corrected chi connectivity index (χ4v) is 15.4. The second-order valence-electron chi connectivity index (χ2n) is 21.6. The van der Waals surface area contributed by atoms with E-state index in [-0.39, 0.29) is 57.8 Å². The van der Waals surface area contributed by atoms with Crippen molar-refractivity contribution in [3.8, 4) is 17.6 Å². The van der Waals surface area contributed by atoms with Crippen molar-refractivity contribution in [3.63, 3.8) is 0 Å². The maximum atomic E-state index is 12.5. The predicted octanol–water partition coefficient (Wildman–Crippen LogP) is 12.1. The maximum Gasteiger partial charge on any atom is 0.263 e. The van der Waals surface area contributed by atoms with Crippen molar-refractivity contribution in [2.24, 2.45) is 20.4 Å². The van der Waals surface area contributed by atoms with Crippen LogP contribution in [0.1, 0.15) is 36.1 Å². The fourth-order valence-electron chi connectivity index (χ4n) is 9.58. The highest BCUT2D eigenvalue weighted by molar-refractivity contribution is 7.92. The molecule has 0 radical (unpaired) electrons. The first-order valence-corrected chi connectivity index (χ1v) is 35.4. The number of rotatable bonds is 18. The number of aliphatic hydroxyl groups is 1. The van der Waals surface area contributed by atoms with Gasteiger partial charge in [0.05, 0.1) is 112 Å². The molecule has 0 aliphatic rings. The lowest BCUT2D eigenvalue weighted by Gasteiger charge is -2.21. The monoisotopic (exact) mass is 1370 g/mol.